The van der Waals surface area contributed by atoms with Gasteiger partial charge in [0.1, 0.15) is 0 Å². The van der Waals surface area contributed by atoms with Crippen molar-refractivity contribution in [3.63, 3.8) is 0 Å². The maximum absolute atomic E-state index is 10.7. The summed E-state index contributed by atoms with van der Waals surface area (Å²) in [6.07, 6.45) is 5.18. The monoisotopic (exact) mass is 288 g/mol. The minimum Gasteiger partial charge on any atom is -0.481 e. The highest BCUT2D eigenvalue weighted by Crippen LogP contribution is 2.34. The van der Waals surface area contributed by atoms with Crippen LogP contribution in [0.1, 0.15) is 52.4 Å². The molecule has 5 heteroatoms. The minimum atomic E-state index is -0.758. The Hall–Kier alpha value is -0.650. The summed E-state index contributed by atoms with van der Waals surface area (Å²) in [5.74, 6) is -1.08. The zero-order chi connectivity index (χ0) is 15.0. The molecule has 0 aliphatic carbocycles. The molecule has 20 heavy (non-hydrogen) atoms. The number of aliphatic carboxylic acids is 1. The largest absolute Gasteiger partial charge is 0.481 e. The topological polar surface area (TPSA) is 76.0 Å². The van der Waals surface area contributed by atoms with Gasteiger partial charge in [0, 0.05) is 19.6 Å². The first-order chi connectivity index (χ1) is 9.53. The van der Waals surface area contributed by atoms with Crippen molar-refractivity contribution in [3.05, 3.63) is 0 Å². The van der Waals surface area contributed by atoms with E-state index in [1.165, 1.54) is 0 Å². The Bertz CT molecular complexity index is 294. The van der Waals surface area contributed by atoms with E-state index in [1.54, 1.807) is 6.92 Å². The number of ether oxygens (including phenoxy) is 2. The summed E-state index contributed by atoms with van der Waals surface area (Å²) in [6.45, 7) is 4.96. The van der Waals surface area contributed by atoms with Crippen molar-refractivity contribution in [2.24, 2.45) is 5.92 Å². The zero-order valence-corrected chi connectivity index (χ0v) is 12.6. The standard InChI is InChI=1S/C15H28O5/c1-3-13-6-7-15(20-13,8-9-16)11-19-10-4-5-12(2)14(17)18/h12-13,16H,3-11H2,1-2H3,(H,17,18). The van der Waals surface area contributed by atoms with Crippen LogP contribution in [0.5, 0.6) is 0 Å². The van der Waals surface area contributed by atoms with Crippen molar-refractivity contribution >= 4 is 5.97 Å². The number of aliphatic hydroxyl groups excluding tert-OH is 1. The molecule has 1 saturated heterocycles. The van der Waals surface area contributed by atoms with Gasteiger partial charge in [-0.05, 0) is 32.1 Å². The fourth-order valence-corrected chi connectivity index (χ4v) is 2.62. The van der Waals surface area contributed by atoms with Gasteiger partial charge in [-0.2, -0.15) is 0 Å². The number of hydrogen-bond acceptors (Lipinski definition) is 4. The SMILES string of the molecule is CCC1CCC(CCO)(COCCCC(C)C(=O)O)O1. The van der Waals surface area contributed by atoms with Crippen LogP contribution < -0.4 is 0 Å². The predicted molar refractivity (Wildman–Crippen MR) is 75.7 cm³/mol. The van der Waals surface area contributed by atoms with Crippen LogP contribution in [-0.2, 0) is 14.3 Å². The van der Waals surface area contributed by atoms with E-state index >= 15 is 0 Å². The summed E-state index contributed by atoms with van der Waals surface area (Å²) in [5.41, 5.74) is -0.339. The molecule has 0 spiro atoms. The van der Waals surface area contributed by atoms with Crippen LogP contribution in [0.25, 0.3) is 0 Å². The highest BCUT2D eigenvalue weighted by molar-refractivity contribution is 5.69. The summed E-state index contributed by atoms with van der Waals surface area (Å²) in [6, 6.07) is 0. The van der Waals surface area contributed by atoms with E-state index in [9.17, 15) is 9.90 Å². The number of hydrogen-bond donors (Lipinski definition) is 2. The van der Waals surface area contributed by atoms with E-state index in [0.717, 1.165) is 25.7 Å². The fourth-order valence-electron chi connectivity index (χ4n) is 2.62. The molecule has 1 rings (SSSR count). The molecule has 1 aliphatic rings. The summed E-state index contributed by atoms with van der Waals surface area (Å²) in [7, 11) is 0. The van der Waals surface area contributed by atoms with Gasteiger partial charge in [-0.3, -0.25) is 4.79 Å². The molecule has 1 heterocycles. The van der Waals surface area contributed by atoms with Crippen LogP contribution in [0.15, 0.2) is 0 Å². The quantitative estimate of drug-likeness (QED) is 0.603. The second-order valence-electron chi connectivity index (χ2n) is 5.78. The number of carboxylic acid groups (broad SMARTS) is 1. The molecule has 3 unspecified atom stereocenters. The van der Waals surface area contributed by atoms with Gasteiger partial charge in [0.2, 0.25) is 0 Å². The third kappa shape index (κ3) is 5.38. The smallest absolute Gasteiger partial charge is 0.306 e. The Morgan fingerprint density at radius 2 is 2.30 bits per heavy atom. The number of aliphatic hydroxyl groups is 1. The second-order valence-corrected chi connectivity index (χ2v) is 5.78. The average Bonchev–Trinajstić information content (AvgIpc) is 2.82. The van der Waals surface area contributed by atoms with Crippen molar-refractivity contribution in [3.8, 4) is 0 Å². The molecule has 0 bridgehead atoms. The molecular weight excluding hydrogens is 260 g/mol. The van der Waals surface area contributed by atoms with Gasteiger partial charge in [0.05, 0.1) is 24.2 Å². The van der Waals surface area contributed by atoms with Crippen LogP contribution in [0, 0.1) is 5.92 Å². The molecule has 0 aromatic rings. The molecule has 0 amide bonds. The summed E-state index contributed by atoms with van der Waals surface area (Å²) in [4.78, 5) is 10.7. The lowest BCUT2D eigenvalue weighted by molar-refractivity contribution is -0.141. The Kier molecular flexibility index (Phi) is 7.48. The van der Waals surface area contributed by atoms with Gasteiger partial charge >= 0.3 is 5.97 Å². The third-order valence-electron chi connectivity index (χ3n) is 4.07. The first kappa shape index (κ1) is 17.4. The van der Waals surface area contributed by atoms with Crippen molar-refractivity contribution < 1.29 is 24.5 Å². The van der Waals surface area contributed by atoms with Crippen molar-refractivity contribution in [2.75, 3.05) is 19.8 Å². The maximum Gasteiger partial charge on any atom is 0.306 e. The summed E-state index contributed by atoms with van der Waals surface area (Å²) < 4.78 is 11.7. The molecule has 118 valence electrons. The fraction of sp³-hybridized carbons (Fsp3) is 0.933. The van der Waals surface area contributed by atoms with Gasteiger partial charge < -0.3 is 19.7 Å². The summed E-state index contributed by atoms with van der Waals surface area (Å²) in [5, 5.41) is 18.0. The first-order valence-electron chi connectivity index (χ1n) is 7.62. The Balaban J connectivity index is 2.25. The number of carboxylic acids is 1. The molecular formula is C15H28O5. The van der Waals surface area contributed by atoms with Gasteiger partial charge in [0.15, 0.2) is 0 Å². The molecule has 0 radical (unpaired) electrons. The lowest BCUT2D eigenvalue weighted by Gasteiger charge is -2.28. The van der Waals surface area contributed by atoms with Crippen LogP contribution in [0.3, 0.4) is 0 Å². The van der Waals surface area contributed by atoms with Gasteiger partial charge in [-0.1, -0.05) is 13.8 Å². The van der Waals surface area contributed by atoms with Crippen LogP contribution in [0.4, 0.5) is 0 Å². The van der Waals surface area contributed by atoms with Crippen molar-refractivity contribution in [1.29, 1.82) is 0 Å². The van der Waals surface area contributed by atoms with Gasteiger partial charge in [-0.15, -0.1) is 0 Å². The molecule has 1 fully saturated rings. The van der Waals surface area contributed by atoms with Gasteiger partial charge in [0.25, 0.3) is 0 Å². The highest BCUT2D eigenvalue weighted by atomic mass is 16.6. The molecule has 5 nitrogen and oxygen atoms in total. The Labute approximate surface area is 121 Å². The van der Waals surface area contributed by atoms with E-state index < -0.39 is 5.97 Å². The van der Waals surface area contributed by atoms with Crippen molar-refractivity contribution in [2.45, 2.75) is 64.1 Å². The van der Waals surface area contributed by atoms with Crippen molar-refractivity contribution in [1.82, 2.24) is 0 Å². The Morgan fingerprint density at radius 3 is 2.85 bits per heavy atom. The van der Waals surface area contributed by atoms with E-state index in [2.05, 4.69) is 6.92 Å². The van der Waals surface area contributed by atoms with E-state index in [4.69, 9.17) is 14.6 Å². The van der Waals surface area contributed by atoms with E-state index in [-0.39, 0.29) is 24.2 Å². The lowest BCUT2D eigenvalue weighted by atomic mass is 9.97. The molecule has 2 N–H and O–H groups in total. The molecule has 0 aromatic heterocycles. The lowest BCUT2D eigenvalue weighted by Crippen LogP contribution is -2.36. The normalized spacial score (nSPS) is 27.6. The Morgan fingerprint density at radius 1 is 1.55 bits per heavy atom. The number of rotatable bonds is 10. The minimum absolute atomic E-state index is 0.107. The molecule has 3 atom stereocenters. The van der Waals surface area contributed by atoms with E-state index in [1.807, 2.05) is 0 Å². The van der Waals surface area contributed by atoms with Gasteiger partial charge in [-0.25, -0.2) is 0 Å². The highest BCUT2D eigenvalue weighted by Gasteiger charge is 2.39. The second kappa shape index (κ2) is 8.60. The average molecular weight is 288 g/mol. The predicted octanol–water partition coefficient (Wildman–Crippen LogP) is 2.21. The first-order valence-corrected chi connectivity index (χ1v) is 7.62. The summed E-state index contributed by atoms with van der Waals surface area (Å²) >= 11 is 0. The maximum atomic E-state index is 10.7. The van der Waals surface area contributed by atoms with Crippen LogP contribution >= 0.6 is 0 Å². The third-order valence-corrected chi connectivity index (χ3v) is 4.07. The molecule has 1 aliphatic heterocycles. The number of carbonyl (C=O) groups is 1. The van der Waals surface area contributed by atoms with Crippen LogP contribution in [0.2, 0.25) is 0 Å². The molecule has 0 saturated carbocycles. The molecule has 0 aromatic carbocycles. The van der Waals surface area contributed by atoms with E-state index in [0.29, 0.717) is 26.1 Å². The van der Waals surface area contributed by atoms with Crippen LogP contribution in [-0.4, -0.2) is 47.7 Å². The zero-order valence-electron chi connectivity index (χ0n) is 12.6.